The molecule has 2 aromatic rings. The summed E-state index contributed by atoms with van der Waals surface area (Å²) < 4.78 is 33.2. The molecule has 7 nitrogen and oxygen atoms in total. The Morgan fingerprint density at radius 3 is 2.33 bits per heavy atom. The van der Waals surface area contributed by atoms with Crippen molar-refractivity contribution in [3.8, 4) is 5.75 Å². The Morgan fingerprint density at radius 2 is 1.70 bits per heavy atom. The zero-order valence-corrected chi connectivity index (χ0v) is 18.3. The number of amides is 1. The molecule has 1 aliphatic rings. The second kappa shape index (κ2) is 10.1. The van der Waals surface area contributed by atoms with E-state index >= 15 is 0 Å². The van der Waals surface area contributed by atoms with Crippen LogP contribution in [0.2, 0.25) is 0 Å². The van der Waals surface area contributed by atoms with E-state index in [4.69, 9.17) is 4.74 Å². The highest BCUT2D eigenvalue weighted by Gasteiger charge is 2.17. The van der Waals surface area contributed by atoms with Gasteiger partial charge in [0.25, 0.3) is 0 Å². The van der Waals surface area contributed by atoms with E-state index in [1.54, 1.807) is 0 Å². The zero-order valence-electron chi connectivity index (χ0n) is 17.5. The summed E-state index contributed by atoms with van der Waals surface area (Å²) in [5.74, 6) is 0.0916. The fraction of sp³-hybridized carbons (Fsp3) is 0.409. The molecule has 0 radical (unpaired) electrons. The summed E-state index contributed by atoms with van der Waals surface area (Å²) in [6.45, 7) is 4.76. The molecule has 1 amide bonds. The Kier molecular flexibility index (Phi) is 7.47. The van der Waals surface area contributed by atoms with Crippen molar-refractivity contribution < 1.29 is 17.9 Å². The number of likely N-dealkylation sites (tertiary alicyclic amines) is 1. The third-order valence-electron chi connectivity index (χ3n) is 5.14. The van der Waals surface area contributed by atoms with Gasteiger partial charge in [-0.15, -0.1) is 0 Å². The van der Waals surface area contributed by atoms with E-state index in [0.717, 1.165) is 25.2 Å². The van der Waals surface area contributed by atoms with E-state index in [1.165, 1.54) is 57.1 Å². The number of carbonyl (C=O) groups is 1. The van der Waals surface area contributed by atoms with Gasteiger partial charge in [-0.05, 0) is 55.3 Å². The molecule has 162 valence electrons. The van der Waals surface area contributed by atoms with Crippen LogP contribution >= 0.6 is 0 Å². The molecule has 1 heterocycles. The van der Waals surface area contributed by atoms with E-state index in [2.05, 4.69) is 27.1 Å². The number of ether oxygens (including phenoxy) is 1. The molecule has 0 spiro atoms. The van der Waals surface area contributed by atoms with Crippen LogP contribution in [0.4, 0.5) is 5.69 Å². The summed E-state index contributed by atoms with van der Waals surface area (Å²) in [7, 11) is -2.28. The standard InChI is InChI=1S/C22H29N3O4S/c1-17(26)24-21-14-20(10-11-22(21)29-2)30(27,28)23-15-18-6-8-19(9-7-18)16-25-12-4-3-5-13-25/h6-11,14,23H,3-5,12-13,15-16H2,1-2H3,(H,24,26). The van der Waals surface area contributed by atoms with Crippen molar-refractivity contribution in [1.29, 1.82) is 0 Å². The first-order valence-corrected chi connectivity index (χ1v) is 11.6. The van der Waals surface area contributed by atoms with Gasteiger partial charge >= 0.3 is 0 Å². The lowest BCUT2D eigenvalue weighted by atomic mass is 10.1. The second-order valence-corrected chi connectivity index (χ2v) is 9.29. The lowest BCUT2D eigenvalue weighted by Crippen LogP contribution is -2.29. The largest absolute Gasteiger partial charge is 0.495 e. The SMILES string of the molecule is COc1ccc(S(=O)(=O)NCc2ccc(CN3CCCCC3)cc2)cc1NC(C)=O. The minimum absolute atomic E-state index is 0.0637. The van der Waals surface area contributed by atoms with E-state index in [9.17, 15) is 13.2 Å². The van der Waals surface area contributed by atoms with Crippen LogP contribution < -0.4 is 14.8 Å². The highest BCUT2D eigenvalue weighted by atomic mass is 32.2. The predicted octanol–water partition coefficient (Wildman–Crippen LogP) is 3.12. The molecule has 3 rings (SSSR count). The zero-order chi connectivity index (χ0) is 21.6. The van der Waals surface area contributed by atoms with Crippen molar-refractivity contribution in [2.75, 3.05) is 25.5 Å². The summed E-state index contributed by atoms with van der Waals surface area (Å²) in [6.07, 6.45) is 3.83. The number of anilines is 1. The number of nitrogens with one attached hydrogen (secondary N) is 2. The molecule has 2 N–H and O–H groups in total. The van der Waals surface area contributed by atoms with Crippen LogP contribution in [-0.2, 0) is 27.9 Å². The third-order valence-corrected chi connectivity index (χ3v) is 6.54. The van der Waals surface area contributed by atoms with Crippen LogP contribution in [0.3, 0.4) is 0 Å². The molecule has 0 aliphatic carbocycles. The van der Waals surface area contributed by atoms with Crippen molar-refractivity contribution >= 4 is 21.6 Å². The van der Waals surface area contributed by atoms with Gasteiger partial charge in [0.1, 0.15) is 5.75 Å². The smallest absolute Gasteiger partial charge is 0.240 e. The first-order valence-electron chi connectivity index (χ1n) is 10.1. The van der Waals surface area contributed by atoms with E-state index < -0.39 is 10.0 Å². The van der Waals surface area contributed by atoms with Gasteiger partial charge in [-0.2, -0.15) is 0 Å². The summed E-state index contributed by atoms with van der Waals surface area (Å²) in [5.41, 5.74) is 2.44. The summed E-state index contributed by atoms with van der Waals surface area (Å²) in [4.78, 5) is 13.9. The lowest BCUT2D eigenvalue weighted by Gasteiger charge is -2.26. The van der Waals surface area contributed by atoms with Gasteiger partial charge in [0, 0.05) is 20.0 Å². The number of sulfonamides is 1. The molecule has 30 heavy (non-hydrogen) atoms. The Bertz CT molecular complexity index is 968. The highest BCUT2D eigenvalue weighted by molar-refractivity contribution is 7.89. The van der Waals surface area contributed by atoms with Crippen LogP contribution in [0.1, 0.15) is 37.3 Å². The lowest BCUT2D eigenvalue weighted by molar-refractivity contribution is -0.114. The van der Waals surface area contributed by atoms with Gasteiger partial charge < -0.3 is 10.1 Å². The van der Waals surface area contributed by atoms with Gasteiger partial charge in [-0.3, -0.25) is 9.69 Å². The van der Waals surface area contributed by atoms with Crippen molar-refractivity contribution in [2.45, 2.75) is 44.2 Å². The van der Waals surface area contributed by atoms with Crippen molar-refractivity contribution in [1.82, 2.24) is 9.62 Å². The number of hydrogen-bond donors (Lipinski definition) is 2. The van der Waals surface area contributed by atoms with Gasteiger partial charge in [-0.25, -0.2) is 13.1 Å². The molecule has 0 atom stereocenters. The average Bonchev–Trinajstić information content (AvgIpc) is 2.73. The van der Waals surface area contributed by atoms with Gasteiger partial charge in [0.05, 0.1) is 17.7 Å². The van der Waals surface area contributed by atoms with Gasteiger partial charge in [0.15, 0.2) is 0 Å². The highest BCUT2D eigenvalue weighted by Crippen LogP contribution is 2.27. The Balaban J connectivity index is 1.63. The number of carbonyl (C=O) groups excluding carboxylic acids is 1. The molecular formula is C22H29N3O4S. The second-order valence-electron chi connectivity index (χ2n) is 7.52. The fourth-order valence-corrected chi connectivity index (χ4v) is 4.59. The van der Waals surface area contributed by atoms with Gasteiger partial charge in [-0.1, -0.05) is 30.7 Å². The maximum atomic E-state index is 12.7. The molecule has 0 unspecified atom stereocenters. The molecule has 0 saturated carbocycles. The number of hydrogen-bond acceptors (Lipinski definition) is 5. The molecule has 0 aromatic heterocycles. The van der Waals surface area contributed by atoms with E-state index in [0.29, 0.717) is 11.4 Å². The Hall–Kier alpha value is -2.42. The number of benzene rings is 2. The van der Waals surface area contributed by atoms with Crippen LogP contribution in [0.15, 0.2) is 47.4 Å². The van der Waals surface area contributed by atoms with Crippen LogP contribution in [-0.4, -0.2) is 39.4 Å². The molecule has 2 aromatic carbocycles. The topological polar surface area (TPSA) is 87.7 Å². The van der Waals surface area contributed by atoms with Crippen LogP contribution in [0, 0.1) is 0 Å². The molecule has 1 aliphatic heterocycles. The van der Waals surface area contributed by atoms with Crippen LogP contribution in [0.5, 0.6) is 5.75 Å². The molecular weight excluding hydrogens is 402 g/mol. The predicted molar refractivity (Wildman–Crippen MR) is 117 cm³/mol. The Labute approximate surface area is 178 Å². The third kappa shape index (κ3) is 6.04. The van der Waals surface area contributed by atoms with Crippen molar-refractivity contribution in [3.63, 3.8) is 0 Å². The van der Waals surface area contributed by atoms with E-state index in [1.807, 2.05) is 12.1 Å². The summed E-state index contributed by atoms with van der Waals surface area (Å²) in [6, 6.07) is 12.4. The van der Waals surface area contributed by atoms with E-state index in [-0.39, 0.29) is 17.3 Å². The number of piperidine rings is 1. The maximum absolute atomic E-state index is 12.7. The number of methoxy groups -OCH3 is 1. The molecule has 8 heteroatoms. The maximum Gasteiger partial charge on any atom is 0.240 e. The fourth-order valence-electron chi connectivity index (χ4n) is 3.54. The van der Waals surface area contributed by atoms with Crippen LogP contribution in [0.25, 0.3) is 0 Å². The monoisotopic (exact) mass is 431 g/mol. The normalized spacial score (nSPS) is 15.0. The minimum Gasteiger partial charge on any atom is -0.495 e. The molecule has 1 saturated heterocycles. The quantitative estimate of drug-likeness (QED) is 0.671. The van der Waals surface area contributed by atoms with Crippen molar-refractivity contribution in [2.24, 2.45) is 0 Å². The summed E-state index contributed by atoms with van der Waals surface area (Å²) >= 11 is 0. The minimum atomic E-state index is -3.74. The van der Waals surface area contributed by atoms with Gasteiger partial charge in [0.2, 0.25) is 15.9 Å². The number of rotatable bonds is 8. The molecule has 0 bridgehead atoms. The molecule has 1 fully saturated rings. The number of nitrogens with zero attached hydrogens (tertiary/aromatic N) is 1. The first-order chi connectivity index (χ1) is 14.4. The Morgan fingerprint density at radius 1 is 1.03 bits per heavy atom. The first kappa shape index (κ1) is 22.3. The average molecular weight is 432 g/mol. The van der Waals surface area contributed by atoms with Crippen molar-refractivity contribution in [3.05, 3.63) is 53.6 Å². The summed E-state index contributed by atoms with van der Waals surface area (Å²) in [5, 5.41) is 2.59.